The summed E-state index contributed by atoms with van der Waals surface area (Å²) in [5.41, 5.74) is 3.39. The molecule has 152 valence electrons. The molecule has 0 aliphatic carbocycles. The minimum absolute atomic E-state index is 0.317. The lowest BCUT2D eigenvalue weighted by Gasteiger charge is -2.23. The highest BCUT2D eigenvalue weighted by Gasteiger charge is 2.24. The van der Waals surface area contributed by atoms with Crippen molar-refractivity contribution in [1.82, 2.24) is 4.57 Å². The number of anilines is 1. The third kappa shape index (κ3) is 4.81. The van der Waals surface area contributed by atoms with E-state index in [1.54, 1.807) is 37.3 Å². The van der Waals surface area contributed by atoms with Crippen LogP contribution in [0.3, 0.4) is 0 Å². The van der Waals surface area contributed by atoms with Gasteiger partial charge in [0.05, 0.1) is 11.9 Å². The van der Waals surface area contributed by atoms with Crippen molar-refractivity contribution in [2.45, 2.75) is 34.2 Å². The predicted octanol–water partition coefficient (Wildman–Crippen LogP) is 2.63. The number of para-hydroxylation sites is 1. The third-order valence-corrected chi connectivity index (χ3v) is 5.74. The molecule has 0 radical (unpaired) electrons. The molecule has 0 saturated carbocycles. The van der Waals surface area contributed by atoms with Crippen LogP contribution in [0.25, 0.3) is 0 Å². The van der Waals surface area contributed by atoms with Gasteiger partial charge in [-0.1, -0.05) is 18.2 Å². The van der Waals surface area contributed by atoms with Crippen molar-refractivity contribution >= 4 is 27.5 Å². The molecule has 1 aromatic carbocycles. The third-order valence-electron chi connectivity index (χ3n) is 4.61. The van der Waals surface area contributed by atoms with Gasteiger partial charge in [0.25, 0.3) is 0 Å². The maximum Gasteiger partial charge on any atom is 0.327 e. The van der Waals surface area contributed by atoms with Crippen LogP contribution in [0, 0.1) is 20.8 Å². The molecule has 2 aromatic rings. The number of nitrogens with zero attached hydrogens (tertiary/aromatic N) is 2. The van der Waals surface area contributed by atoms with E-state index in [1.165, 1.54) is 0 Å². The highest BCUT2D eigenvalue weighted by atomic mass is 32.2. The Kier molecular flexibility index (Phi) is 6.66. The smallest absolute Gasteiger partial charge is 0.327 e. The minimum Gasteiger partial charge on any atom is -0.456 e. The van der Waals surface area contributed by atoms with Crippen LogP contribution in [0.15, 0.2) is 30.3 Å². The van der Waals surface area contributed by atoms with Crippen LogP contribution in [0.5, 0.6) is 0 Å². The summed E-state index contributed by atoms with van der Waals surface area (Å²) in [6.07, 6.45) is 1.03. The molecule has 1 aromatic heterocycles. The Bertz CT molecular complexity index is 992. The second kappa shape index (κ2) is 8.60. The van der Waals surface area contributed by atoms with E-state index in [0.29, 0.717) is 16.8 Å². The van der Waals surface area contributed by atoms with Crippen molar-refractivity contribution < 1.29 is 22.7 Å². The number of hydrogen-bond acceptors (Lipinski definition) is 5. The molecule has 28 heavy (non-hydrogen) atoms. The van der Waals surface area contributed by atoms with Gasteiger partial charge in [-0.15, -0.1) is 0 Å². The zero-order valence-corrected chi connectivity index (χ0v) is 17.7. The summed E-state index contributed by atoms with van der Waals surface area (Å²) in [6, 6.07) is 8.62. The summed E-state index contributed by atoms with van der Waals surface area (Å²) in [5.74, 6) is -1.10. The van der Waals surface area contributed by atoms with E-state index in [2.05, 4.69) is 0 Å². The first-order valence-electron chi connectivity index (χ1n) is 8.95. The van der Waals surface area contributed by atoms with E-state index in [4.69, 9.17) is 4.74 Å². The number of sulfonamides is 1. The zero-order chi connectivity index (χ0) is 21.1. The van der Waals surface area contributed by atoms with Crippen molar-refractivity contribution in [1.29, 1.82) is 0 Å². The fourth-order valence-corrected chi connectivity index (χ4v) is 4.08. The molecule has 0 bridgehead atoms. The van der Waals surface area contributed by atoms with Crippen LogP contribution in [0.1, 0.15) is 34.2 Å². The van der Waals surface area contributed by atoms with Gasteiger partial charge < -0.3 is 9.30 Å². The molecule has 7 nitrogen and oxygen atoms in total. The number of aromatic nitrogens is 1. The van der Waals surface area contributed by atoms with Crippen molar-refractivity contribution in [3.63, 3.8) is 0 Å². The van der Waals surface area contributed by atoms with Gasteiger partial charge in [-0.25, -0.2) is 8.42 Å². The van der Waals surface area contributed by atoms with E-state index in [0.717, 1.165) is 28.5 Å². The molecule has 0 fully saturated rings. The van der Waals surface area contributed by atoms with Crippen LogP contribution in [-0.4, -0.2) is 44.1 Å². The maximum absolute atomic E-state index is 12.4. The highest BCUT2D eigenvalue weighted by Crippen LogP contribution is 2.22. The molecular formula is C20H26N2O5S. The fraction of sp³-hybridized carbons (Fsp3) is 0.400. The largest absolute Gasteiger partial charge is 0.456 e. The normalized spacial score (nSPS) is 11.3. The van der Waals surface area contributed by atoms with Gasteiger partial charge in [0, 0.05) is 23.5 Å². The van der Waals surface area contributed by atoms with Crippen LogP contribution in [0.2, 0.25) is 0 Å². The Labute approximate surface area is 166 Å². The Morgan fingerprint density at radius 3 is 2.32 bits per heavy atom. The second-order valence-corrected chi connectivity index (χ2v) is 8.58. The van der Waals surface area contributed by atoms with Crippen molar-refractivity contribution in [2.75, 3.05) is 23.7 Å². The standard InChI is InChI=1S/C20H26N2O5S/c1-6-21-15(3)11-17(16(21)4)19(23)13-27-20(24)12-22(28(5,25)26)18-10-8-7-9-14(18)2/h7-11H,6,12-13H2,1-5H3. The molecule has 0 spiro atoms. The molecule has 8 heteroatoms. The highest BCUT2D eigenvalue weighted by molar-refractivity contribution is 7.92. The summed E-state index contributed by atoms with van der Waals surface area (Å²) in [6.45, 7) is 7.31. The average molecular weight is 407 g/mol. The number of rotatable bonds is 8. The van der Waals surface area contributed by atoms with Gasteiger partial charge in [-0.3, -0.25) is 13.9 Å². The number of carbonyl (C=O) groups excluding carboxylic acids is 2. The molecule has 0 unspecified atom stereocenters. The average Bonchev–Trinajstić information content (AvgIpc) is 2.91. The SMILES string of the molecule is CCn1c(C)cc(C(=O)COC(=O)CN(c2ccccc2C)S(C)(=O)=O)c1C. The van der Waals surface area contributed by atoms with E-state index >= 15 is 0 Å². The molecule has 0 N–H and O–H groups in total. The number of hydrogen-bond donors (Lipinski definition) is 0. The summed E-state index contributed by atoms with van der Waals surface area (Å²) in [4.78, 5) is 24.7. The number of aryl methyl sites for hydroxylation is 2. The first kappa shape index (κ1) is 21.7. The minimum atomic E-state index is -3.69. The van der Waals surface area contributed by atoms with Crippen molar-refractivity contribution in [3.8, 4) is 0 Å². The van der Waals surface area contributed by atoms with Crippen LogP contribution in [0.4, 0.5) is 5.69 Å². The maximum atomic E-state index is 12.4. The Hall–Kier alpha value is -2.61. The van der Waals surface area contributed by atoms with Gasteiger partial charge in [-0.2, -0.15) is 0 Å². The van der Waals surface area contributed by atoms with Gasteiger partial charge in [0.1, 0.15) is 6.54 Å². The molecule has 0 amide bonds. The predicted molar refractivity (Wildman–Crippen MR) is 108 cm³/mol. The number of esters is 1. The monoisotopic (exact) mass is 406 g/mol. The molecule has 0 aliphatic rings. The number of benzene rings is 1. The van der Waals surface area contributed by atoms with E-state index in [1.807, 2.05) is 25.3 Å². The molecule has 0 saturated heterocycles. The Morgan fingerprint density at radius 1 is 1.14 bits per heavy atom. The first-order valence-corrected chi connectivity index (χ1v) is 10.8. The van der Waals surface area contributed by atoms with Crippen LogP contribution < -0.4 is 4.31 Å². The lowest BCUT2D eigenvalue weighted by Crippen LogP contribution is -2.36. The Morgan fingerprint density at radius 2 is 1.79 bits per heavy atom. The Balaban J connectivity index is 2.10. The molecule has 1 heterocycles. The molecule has 2 rings (SSSR count). The summed E-state index contributed by atoms with van der Waals surface area (Å²) in [7, 11) is -3.69. The number of Topliss-reactive ketones (excluding diaryl/α,β-unsaturated/α-hetero) is 1. The lowest BCUT2D eigenvalue weighted by molar-refractivity contribution is -0.140. The number of ether oxygens (including phenoxy) is 1. The fourth-order valence-electron chi connectivity index (χ4n) is 3.18. The van der Waals surface area contributed by atoms with Gasteiger partial charge in [-0.05, 0) is 45.4 Å². The topological polar surface area (TPSA) is 85.7 Å². The van der Waals surface area contributed by atoms with Gasteiger partial charge in [0.15, 0.2) is 6.61 Å². The van der Waals surface area contributed by atoms with Crippen molar-refractivity contribution in [3.05, 3.63) is 52.8 Å². The summed E-state index contributed by atoms with van der Waals surface area (Å²) < 4.78 is 32.4. The van der Waals surface area contributed by atoms with Gasteiger partial charge >= 0.3 is 5.97 Å². The zero-order valence-electron chi connectivity index (χ0n) is 16.9. The first-order chi connectivity index (χ1) is 13.1. The van der Waals surface area contributed by atoms with Crippen molar-refractivity contribution in [2.24, 2.45) is 0 Å². The van der Waals surface area contributed by atoms with Crippen LogP contribution >= 0.6 is 0 Å². The van der Waals surface area contributed by atoms with Crippen LogP contribution in [-0.2, 0) is 26.1 Å². The van der Waals surface area contributed by atoms with E-state index in [9.17, 15) is 18.0 Å². The van der Waals surface area contributed by atoms with E-state index < -0.39 is 29.1 Å². The number of carbonyl (C=O) groups is 2. The number of ketones is 1. The summed E-state index contributed by atoms with van der Waals surface area (Å²) in [5, 5.41) is 0. The van der Waals surface area contributed by atoms with Gasteiger partial charge in [0.2, 0.25) is 15.8 Å². The summed E-state index contributed by atoms with van der Waals surface area (Å²) >= 11 is 0. The molecule has 0 aliphatic heterocycles. The second-order valence-electron chi connectivity index (χ2n) is 6.67. The quantitative estimate of drug-likeness (QED) is 0.497. The van der Waals surface area contributed by atoms with E-state index in [-0.39, 0.29) is 5.78 Å². The molecular weight excluding hydrogens is 380 g/mol. The molecule has 0 atom stereocenters. The lowest BCUT2D eigenvalue weighted by atomic mass is 10.1.